The largest absolute Gasteiger partial charge is 0.341 e. The van der Waals surface area contributed by atoms with Gasteiger partial charge in [-0.25, -0.2) is 4.98 Å². The molecule has 18 heavy (non-hydrogen) atoms. The SMILES string of the molecule is O=C(Nc1cccc2cccnc12)c1ncc[nH]1. The van der Waals surface area contributed by atoms with Crippen molar-refractivity contribution in [3.05, 3.63) is 54.7 Å². The number of amides is 1. The zero-order valence-electron chi connectivity index (χ0n) is 9.42. The van der Waals surface area contributed by atoms with E-state index in [0.29, 0.717) is 5.69 Å². The van der Waals surface area contributed by atoms with Gasteiger partial charge >= 0.3 is 0 Å². The summed E-state index contributed by atoms with van der Waals surface area (Å²) in [6.07, 6.45) is 4.84. The Kier molecular flexibility index (Phi) is 2.49. The quantitative estimate of drug-likeness (QED) is 0.719. The summed E-state index contributed by atoms with van der Waals surface area (Å²) in [5.41, 5.74) is 1.44. The number of pyridine rings is 1. The van der Waals surface area contributed by atoms with Crippen LogP contribution in [-0.2, 0) is 0 Å². The van der Waals surface area contributed by atoms with E-state index in [0.717, 1.165) is 10.9 Å². The first-order chi connectivity index (χ1) is 8.84. The second-order valence-corrected chi connectivity index (χ2v) is 3.77. The molecule has 2 heterocycles. The van der Waals surface area contributed by atoms with Gasteiger partial charge in [0.1, 0.15) is 0 Å². The van der Waals surface area contributed by atoms with E-state index in [9.17, 15) is 4.79 Å². The third-order valence-corrected chi connectivity index (χ3v) is 2.59. The third kappa shape index (κ3) is 1.82. The van der Waals surface area contributed by atoms with Crippen molar-refractivity contribution in [2.75, 3.05) is 5.32 Å². The lowest BCUT2D eigenvalue weighted by atomic mass is 10.2. The zero-order valence-corrected chi connectivity index (χ0v) is 9.42. The summed E-state index contributed by atoms with van der Waals surface area (Å²) < 4.78 is 0. The molecule has 5 heteroatoms. The first-order valence-electron chi connectivity index (χ1n) is 5.49. The molecule has 0 saturated carbocycles. The third-order valence-electron chi connectivity index (χ3n) is 2.59. The minimum atomic E-state index is -0.279. The number of para-hydroxylation sites is 1. The number of carbonyl (C=O) groups is 1. The van der Waals surface area contributed by atoms with Crippen molar-refractivity contribution in [1.29, 1.82) is 0 Å². The van der Waals surface area contributed by atoms with E-state index in [1.54, 1.807) is 12.4 Å². The van der Waals surface area contributed by atoms with Crippen molar-refractivity contribution < 1.29 is 4.79 Å². The highest BCUT2D eigenvalue weighted by Gasteiger charge is 2.10. The van der Waals surface area contributed by atoms with Gasteiger partial charge in [0.15, 0.2) is 5.82 Å². The van der Waals surface area contributed by atoms with Crippen LogP contribution in [0.15, 0.2) is 48.9 Å². The van der Waals surface area contributed by atoms with Crippen LogP contribution in [0.5, 0.6) is 0 Å². The van der Waals surface area contributed by atoms with E-state index in [4.69, 9.17) is 0 Å². The molecule has 0 aliphatic heterocycles. The molecule has 0 unspecified atom stereocenters. The molecule has 0 atom stereocenters. The second kappa shape index (κ2) is 4.29. The van der Waals surface area contributed by atoms with Gasteiger partial charge in [-0.1, -0.05) is 18.2 Å². The molecule has 0 saturated heterocycles. The molecule has 88 valence electrons. The van der Waals surface area contributed by atoms with Crippen LogP contribution in [0, 0.1) is 0 Å². The number of imidazole rings is 1. The maximum atomic E-state index is 11.9. The summed E-state index contributed by atoms with van der Waals surface area (Å²) in [5.74, 6) is 0.00101. The van der Waals surface area contributed by atoms with Crippen LogP contribution in [0.3, 0.4) is 0 Å². The topological polar surface area (TPSA) is 70.7 Å². The molecule has 2 aromatic heterocycles. The number of aromatic amines is 1. The molecule has 2 N–H and O–H groups in total. The molecule has 5 nitrogen and oxygen atoms in total. The van der Waals surface area contributed by atoms with E-state index >= 15 is 0 Å². The van der Waals surface area contributed by atoms with Gasteiger partial charge in [-0.15, -0.1) is 0 Å². The normalized spacial score (nSPS) is 10.4. The van der Waals surface area contributed by atoms with Gasteiger partial charge in [-0.05, 0) is 12.1 Å². The summed E-state index contributed by atoms with van der Waals surface area (Å²) in [7, 11) is 0. The lowest BCUT2D eigenvalue weighted by molar-refractivity contribution is 0.101. The molecule has 3 rings (SSSR count). The van der Waals surface area contributed by atoms with Crippen molar-refractivity contribution in [2.24, 2.45) is 0 Å². The average Bonchev–Trinajstić information content (AvgIpc) is 2.93. The zero-order chi connectivity index (χ0) is 12.4. The Morgan fingerprint density at radius 2 is 2.00 bits per heavy atom. The lowest BCUT2D eigenvalue weighted by Gasteiger charge is -2.06. The van der Waals surface area contributed by atoms with E-state index < -0.39 is 0 Å². The number of nitrogens with one attached hydrogen (secondary N) is 2. The standard InChI is InChI=1S/C13H10N4O/c18-13(12-15-7-8-16-12)17-10-5-1-3-9-4-2-6-14-11(9)10/h1-8H,(H,15,16)(H,17,18). The molecule has 3 aromatic rings. The van der Waals surface area contributed by atoms with Crippen LogP contribution in [0.2, 0.25) is 0 Å². The Labute approximate surface area is 103 Å². The maximum absolute atomic E-state index is 11.9. The number of aromatic nitrogens is 3. The van der Waals surface area contributed by atoms with Gasteiger partial charge in [0.2, 0.25) is 0 Å². The Morgan fingerprint density at radius 3 is 2.83 bits per heavy atom. The fourth-order valence-corrected chi connectivity index (χ4v) is 1.78. The number of rotatable bonds is 2. The highest BCUT2D eigenvalue weighted by Crippen LogP contribution is 2.20. The molecule has 0 bridgehead atoms. The molecule has 0 radical (unpaired) electrons. The van der Waals surface area contributed by atoms with Crippen molar-refractivity contribution >= 4 is 22.5 Å². The second-order valence-electron chi connectivity index (χ2n) is 3.77. The summed E-state index contributed by atoms with van der Waals surface area (Å²) in [4.78, 5) is 22.8. The number of carbonyl (C=O) groups excluding carboxylic acids is 1. The summed E-state index contributed by atoms with van der Waals surface area (Å²) >= 11 is 0. The van der Waals surface area contributed by atoms with Crippen LogP contribution in [0.1, 0.15) is 10.6 Å². The lowest BCUT2D eigenvalue weighted by Crippen LogP contribution is -2.13. The van der Waals surface area contributed by atoms with Crippen molar-refractivity contribution in [3.8, 4) is 0 Å². The van der Waals surface area contributed by atoms with Crippen molar-refractivity contribution in [1.82, 2.24) is 15.0 Å². The van der Waals surface area contributed by atoms with Crippen LogP contribution in [0.4, 0.5) is 5.69 Å². The first-order valence-corrected chi connectivity index (χ1v) is 5.49. The van der Waals surface area contributed by atoms with E-state index in [2.05, 4.69) is 20.3 Å². The van der Waals surface area contributed by atoms with Gasteiger partial charge in [0, 0.05) is 24.0 Å². The van der Waals surface area contributed by atoms with E-state index in [1.807, 2.05) is 30.3 Å². The molecule has 0 aliphatic carbocycles. The van der Waals surface area contributed by atoms with Gasteiger partial charge in [-0.2, -0.15) is 0 Å². The Morgan fingerprint density at radius 1 is 1.11 bits per heavy atom. The highest BCUT2D eigenvalue weighted by molar-refractivity contribution is 6.06. The molecule has 1 amide bonds. The number of fused-ring (bicyclic) bond motifs is 1. The van der Waals surface area contributed by atoms with Crippen molar-refractivity contribution in [2.45, 2.75) is 0 Å². The van der Waals surface area contributed by atoms with Gasteiger partial charge in [0.05, 0.1) is 11.2 Å². The predicted molar refractivity (Wildman–Crippen MR) is 68.3 cm³/mol. The van der Waals surface area contributed by atoms with Gasteiger partial charge in [0.25, 0.3) is 5.91 Å². The molecule has 0 fully saturated rings. The van der Waals surface area contributed by atoms with Crippen LogP contribution < -0.4 is 5.32 Å². The minimum absolute atomic E-state index is 0.279. The summed E-state index contributed by atoms with van der Waals surface area (Å²) in [6.45, 7) is 0. The average molecular weight is 238 g/mol. The molecule has 0 aliphatic rings. The van der Waals surface area contributed by atoms with Crippen LogP contribution >= 0.6 is 0 Å². The Bertz CT molecular complexity index is 686. The predicted octanol–water partition coefficient (Wildman–Crippen LogP) is 2.21. The number of nitrogens with zero attached hydrogens (tertiary/aromatic N) is 2. The van der Waals surface area contributed by atoms with Crippen molar-refractivity contribution in [3.63, 3.8) is 0 Å². The number of hydrogen-bond donors (Lipinski definition) is 2. The van der Waals surface area contributed by atoms with E-state index in [1.165, 1.54) is 6.20 Å². The molecular formula is C13H10N4O. The molecule has 0 spiro atoms. The number of H-pyrrole nitrogens is 1. The first kappa shape index (κ1) is 10.5. The highest BCUT2D eigenvalue weighted by atomic mass is 16.2. The van der Waals surface area contributed by atoms with Gasteiger partial charge < -0.3 is 10.3 Å². The number of anilines is 1. The Hall–Kier alpha value is -2.69. The number of benzene rings is 1. The monoisotopic (exact) mass is 238 g/mol. The number of hydrogen-bond acceptors (Lipinski definition) is 3. The summed E-state index contributed by atoms with van der Waals surface area (Å²) in [5, 5.41) is 3.77. The fraction of sp³-hybridized carbons (Fsp3) is 0. The maximum Gasteiger partial charge on any atom is 0.291 e. The molecular weight excluding hydrogens is 228 g/mol. The fourth-order valence-electron chi connectivity index (χ4n) is 1.78. The minimum Gasteiger partial charge on any atom is -0.341 e. The van der Waals surface area contributed by atoms with Crippen LogP contribution in [0.25, 0.3) is 10.9 Å². The molecule has 1 aromatic carbocycles. The van der Waals surface area contributed by atoms with Gasteiger partial charge in [-0.3, -0.25) is 9.78 Å². The van der Waals surface area contributed by atoms with E-state index in [-0.39, 0.29) is 11.7 Å². The smallest absolute Gasteiger partial charge is 0.291 e. The summed E-state index contributed by atoms with van der Waals surface area (Å²) in [6, 6.07) is 9.45. The van der Waals surface area contributed by atoms with Crippen LogP contribution in [-0.4, -0.2) is 20.9 Å². The Balaban J connectivity index is 1.98.